The molecular weight excluding hydrogens is 278 g/mol. The lowest BCUT2D eigenvalue weighted by Gasteiger charge is -2.42. The molecule has 22 heavy (non-hydrogen) atoms. The first-order chi connectivity index (χ1) is 10.2. The summed E-state index contributed by atoms with van der Waals surface area (Å²) in [6.45, 7) is 9.06. The maximum absolute atomic E-state index is 12.2. The van der Waals surface area contributed by atoms with Crippen LogP contribution in [0, 0.1) is 11.3 Å². The quantitative estimate of drug-likeness (QED) is 0.832. The highest BCUT2D eigenvalue weighted by Gasteiger charge is 2.41. The van der Waals surface area contributed by atoms with Crippen LogP contribution in [0.25, 0.3) is 0 Å². The molecule has 2 amide bonds. The summed E-state index contributed by atoms with van der Waals surface area (Å²) in [4.78, 5) is 25.7. The molecule has 1 saturated heterocycles. The number of carbonyl (C=O) groups excluding carboxylic acids is 2. The normalized spacial score (nSPS) is 33.1. The van der Waals surface area contributed by atoms with Crippen LogP contribution in [0.15, 0.2) is 0 Å². The molecule has 1 heterocycles. The van der Waals surface area contributed by atoms with Crippen molar-refractivity contribution in [1.82, 2.24) is 10.2 Å². The van der Waals surface area contributed by atoms with Crippen molar-refractivity contribution in [3.63, 3.8) is 0 Å². The molecule has 1 saturated carbocycles. The van der Waals surface area contributed by atoms with Crippen LogP contribution in [-0.4, -0.2) is 41.4 Å². The fraction of sp³-hybridized carbons (Fsp3) is 0.882. The van der Waals surface area contributed by atoms with E-state index in [1.165, 1.54) is 0 Å². The van der Waals surface area contributed by atoms with E-state index in [1.807, 2.05) is 4.90 Å². The Labute approximate surface area is 134 Å². The molecule has 5 heteroatoms. The van der Waals surface area contributed by atoms with Crippen molar-refractivity contribution in [1.29, 1.82) is 0 Å². The molecule has 0 aromatic rings. The van der Waals surface area contributed by atoms with E-state index >= 15 is 0 Å². The molecule has 0 radical (unpaired) electrons. The fourth-order valence-electron chi connectivity index (χ4n) is 4.14. The topological polar surface area (TPSA) is 75.4 Å². The minimum atomic E-state index is -0.356. The van der Waals surface area contributed by atoms with Gasteiger partial charge in [0.05, 0.1) is 12.1 Å². The summed E-state index contributed by atoms with van der Waals surface area (Å²) in [6.07, 6.45) is 4.93. The zero-order chi connectivity index (χ0) is 16.5. The molecule has 4 atom stereocenters. The van der Waals surface area contributed by atoms with E-state index in [-0.39, 0.29) is 29.9 Å². The van der Waals surface area contributed by atoms with E-state index < -0.39 is 0 Å². The number of carbonyl (C=O) groups is 2. The third kappa shape index (κ3) is 4.22. The fourth-order valence-corrected chi connectivity index (χ4v) is 4.14. The Morgan fingerprint density at radius 3 is 2.50 bits per heavy atom. The molecular formula is C17H31N3O2. The van der Waals surface area contributed by atoms with E-state index in [0.29, 0.717) is 11.3 Å². The Bertz CT molecular complexity index is 430. The molecule has 0 spiro atoms. The number of nitrogens with two attached hydrogens (primary N) is 1. The van der Waals surface area contributed by atoms with E-state index in [0.717, 1.165) is 38.6 Å². The van der Waals surface area contributed by atoms with Gasteiger partial charge in [0.1, 0.15) is 0 Å². The van der Waals surface area contributed by atoms with Crippen LogP contribution in [0.3, 0.4) is 0 Å². The van der Waals surface area contributed by atoms with Gasteiger partial charge in [-0.05, 0) is 43.4 Å². The summed E-state index contributed by atoms with van der Waals surface area (Å²) < 4.78 is 0. The zero-order valence-electron chi connectivity index (χ0n) is 14.4. The average molecular weight is 309 g/mol. The summed E-state index contributed by atoms with van der Waals surface area (Å²) in [7, 11) is 0. The second-order valence-electron chi connectivity index (χ2n) is 8.25. The lowest BCUT2D eigenvalue weighted by Crippen LogP contribution is -2.55. The van der Waals surface area contributed by atoms with E-state index in [4.69, 9.17) is 5.73 Å². The summed E-state index contributed by atoms with van der Waals surface area (Å²) >= 11 is 0. The van der Waals surface area contributed by atoms with Gasteiger partial charge in [0.25, 0.3) is 0 Å². The van der Waals surface area contributed by atoms with Gasteiger partial charge in [-0.1, -0.05) is 20.8 Å². The molecule has 0 unspecified atom stereocenters. The Hall–Kier alpha value is -1.10. The number of hydrogen-bond donors (Lipinski definition) is 2. The van der Waals surface area contributed by atoms with Crippen molar-refractivity contribution in [2.24, 2.45) is 17.1 Å². The third-order valence-corrected chi connectivity index (χ3v) is 4.89. The highest BCUT2D eigenvalue weighted by Crippen LogP contribution is 2.36. The van der Waals surface area contributed by atoms with Crippen LogP contribution in [0.2, 0.25) is 0 Å². The number of rotatable bonds is 3. The molecule has 0 aromatic carbocycles. The molecule has 2 rings (SSSR count). The minimum Gasteiger partial charge on any atom is -0.352 e. The van der Waals surface area contributed by atoms with Crippen molar-refractivity contribution in [2.75, 3.05) is 6.54 Å². The molecule has 126 valence electrons. The number of nitrogens with one attached hydrogen (secondary N) is 1. The van der Waals surface area contributed by atoms with Crippen molar-refractivity contribution in [3.8, 4) is 0 Å². The first-order valence-corrected chi connectivity index (χ1v) is 8.50. The molecule has 1 aliphatic carbocycles. The largest absolute Gasteiger partial charge is 0.352 e. The lowest BCUT2D eigenvalue weighted by atomic mass is 9.74. The molecule has 1 aliphatic heterocycles. The maximum Gasteiger partial charge on any atom is 0.239 e. The zero-order valence-corrected chi connectivity index (χ0v) is 14.4. The van der Waals surface area contributed by atoms with Gasteiger partial charge in [-0.2, -0.15) is 0 Å². The van der Waals surface area contributed by atoms with Gasteiger partial charge < -0.3 is 16.0 Å². The Morgan fingerprint density at radius 1 is 1.32 bits per heavy atom. The van der Waals surface area contributed by atoms with Gasteiger partial charge in [0.15, 0.2) is 0 Å². The van der Waals surface area contributed by atoms with Gasteiger partial charge in [-0.25, -0.2) is 0 Å². The SMILES string of the molecule is CC(=O)N[C@@H]1C[C@H](CC(C)(C)C)CC[C@@H]1N1CC[C@H](N)C1=O. The first-order valence-electron chi connectivity index (χ1n) is 8.50. The average Bonchev–Trinajstić information content (AvgIpc) is 2.68. The van der Waals surface area contributed by atoms with Crippen molar-refractivity contribution >= 4 is 11.8 Å². The minimum absolute atomic E-state index is 0.0117. The van der Waals surface area contributed by atoms with Crippen LogP contribution in [0.5, 0.6) is 0 Å². The van der Waals surface area contributed by atoms with Crippen molar-refractivity contribution in [2.45, 2.75) is 77.9 Å². The second kappa shape index (κ2) is 6.57. The van der Waals surface area contributed by atoms with Gasteiger partial charge in [0.2, 0.25) is 11.8 Å². The van der Waals surface area contributed by atoms with Crippen LogP contribution < -0.4 is 11.1 Å². The summed E-state index contributed by atoms with van der Waals surface area (Å²) in [5.74, 6) is 0.649. The Morgan fingerprint density at radius 2 is 2.00 bits per heavy atom. The van der Waals surface area contributed by atoms with Crippen LogP contribution in [0.4, 0.5) is 0 Å². The van der Waals surface area contributed by atoms with Gasteiger partial charge in [0, 0.05) is 19.5 Å². The highest BCUT2D eigenvalue weighted by molar-refractivity contribution is 5.84. The first kappa shape index (κ1) is 17.3. The molecule has 3 N–H and O–H groups in total. The predicted molar refractivity (Wildman–Crippen MR) is 87.1 cm³/mol. The number of hydrogen-bond acceptors (Lipinski definition) is 3. The molecule has 5 nitrogen and oxygen atoms in total. The maximum atomic E-state index is 12.2. The Kier molecular flexibility index (Phi) is 5.15. The van der Waals surface area contributed by atoms with Crippen LogP contribution in [0.1, 0.15) is 59.8 Å². The number of amides is 2. The standard InChI is InChI=1S/C17H31N3O2/c1-11(21)19-14-9-12(10-17(2,3)4)5-6-15(14)20-8-7-13(18)16(20)22/h12-15H,5-10,18H2,1-4H3,(H,19,21)/t12-,13+,14-,15+/m1/s1. The smallest absolute Gasteiger partial charge is 0.239 e. The summed E-state index contributed by atoms with van der Waals surface area (Å²) in [5.41, 5.74) is 6.15. The number of likely N-dealkylation sites (tertiary alicyclic amines) is 1. The monoisotopic (exact) mass is 309 g/mol. The number of nitrogens with zero attached hydrogens (tertiary/aromatic N) is 1. The summed E-state index contributed by atoms with van der Waals surface area (Å²) in [5, 5.41) is 3.09. The van der Waals surface area contributed by atoms with E-state index in [2.05, 4.69) is 26.1 Å². The third-order valence-electron chi connectivity index (χ3n) is 4.89. The van der Waals surface area contributed by atoms with Gasteiger partial charge >= 0.3 is 0 Å². The lowest BCUT2D eigenvalue weighted by molar-refractivity contribution is -0.133. The summed E-state index contributed by atoms with van der Waals surface area (Å²) in [6, 6.07) is -0.181. The molecule has 0 aromatic heterocycles. The second-order valence-corrected chi connectivity index (χ2v) is 8.25. The van der Waals surface area contributed by atoms with Crippen molar-refractivity contribution < 1.29 is 9.59 Å². The molecule has 2 fully saturated rings. The van der Waals surface area contributed by atoms with Crippen LogP contribution in [-0.2, 0) is 9.59 Å². The predicted octanol–water partition coefficient (Wildman–Crippen LogP) is 1.66. The van der Waals surface area contributed by atoms with Crippen molar-refractivity contribution in [3.05, 3.63) is 0 Å². The van der Waals surface area contributed by atoms with E-state index in [1.54, 1.807) is 6.92 Å². The van der Waals surface area contributed by atoms with E-state index in [9.17, 15) is 9.59 Å². The Balaban J connectivity index is 2.07. The molecule has 2 aliphatic rings. The molecule has 0 bridgehead atoms. The van der Waals surface area contributed by atoms with Crippen LogP contribution >= 0.6 is 0 Å². The van der Waals surface area contributed by atoms with Gasteiger partial charge in [-0.15, -0.1) is 0 Å². The highest BCUT2D eigenvalue weighted by atomic mass is 16.2. The van der Waals surface area contributed by atoms with Gasteiger partial charge in [-0.3, -0.25) is 9.59 Å².